The molecule has 0 bridgehead atoms. The van der Waals surface area contributed by atoms with E-state index in [-0.39, 0.29) is 10.6 Å². The fraction of sp³-hybridized carbons (Fsp3) is 0.0909. The van der Waals surface area contributed by atoms with Gasteiger partial charge in [0.15, 0.2) is 5.75 Å². The third-order valence-corrected chi connectivity index (χ3v) is 5.51. The van der Waals surface area contributed by atoms with Gasteiger partial charge in [0.25, 0.3) is 0 Å². The molecule has 1 N–H and O–H groups in total. The molecule has 148 valence electrons. The van der Waals surface area contributed by atoms with Crippen molar-refractivity contribution in [2.75, 3.05) is 0 Å². The largest absolute Gasteiger partial charge is 0.378 e. The Morgan fingerprint density at radius 1 is 1.00 bits per heavy atom. The van der Waals surface area contributed by atoms with Gasteiger partial charge in [-0.3, -0.25) is 5.43 Å². The zero-order valence-corrected chi connectivity index (χ0v) is 17.4. The monoisotopic (exact) mass is 424 g/mol. The van der Waals surface area contributed by atoms with Crippen LogP contribution in [-0.4, -0.2) is 19.6 Å². The first-order valence-corrected chi connectivity index (χ1v) is 10.7. The molecule has 3 aromatic rings. The summed E-state index contributed by atoms with van der Waals surface area (Å²) < 4.78 is 30.4. The van der Waals surface area contributed by atoms with E-state index in [9.17, 15) is 8.42 Å². The molecule has 0 unspecified atom stereocenters. The molecule has 7 heteroatoms. The lowest BCUT2D eigenvalue weighted by Crippen LogP contribution is -2.17. The molecule has 0 amide bonds. The highest BCUT2D eigenvalue weighted by molar-refractivity contribution is 7.87. The van der Waals surface area contributed by atoms with E-state index in [0.717, 1.165) is 11.1 Å². The van der Waals surface area contributed by atoms with E-state index in [1.165, 1.54) is 18.3 Å². The molecular weight excluding hydrogens is 404 g/mol. The van der Waals surface area contributed by atoms with E-state index in [1.54, 1.807) is 36.4 Å². The van der Waals surface area contributed by atoms with Crippen LogP contribution in [0.15, 0.2) is 88.9 Å². The molecule has 0 aromatic heterocycles. The van der Waals surface area contributed by atoms with Gasteiger partial charge in [0, 0.05) is 12.0 Å². The van der Waals surface area contributed by atoms with E-state index in [4.69, 9.17) is 16.4 Å². The van der Waals surface area contributed by atoms with Gasteiger partial charge in [0.05, 0.1) is 6.21 Å². The van der Waals surface area contributed by atoms with Crippen molar-refractivity contribution >= 4 is 33.5 Å². The van der Waals surface area contributed by atoms with E-state index in [2.05, 4.69) is 10.5 Å². The first-order chi connectivity index (χ1) is 13.9. The van der Waals surface area contributed by atoms with Crippen molar-refractivity contribution in [1.29, 1.82) is 0 Å². The van der Waals surface area contributed by atoms with E-state index in [0.29, 0.717) is 17.0 Å². The van der Waals surface area contributed by atoms with Gasteiger partial charge in [0.1, 0.15) is 9.88 Å². The standard InChI is InChI=1S/C22H20N2O3S2/c1-17-11-13-20(14-12-17)29(25,26)27-21-10-6-5-9-19(21)16-23-24-22(28)15-18-7-3-2-4-8-18/h2-14,16H,15H2,1H3,(H,24,28)/b23-16-. The van der Waals surface area contributed by atoms with Crippen molar-refractivity contribution in [2.45, 2.75) is 18.2 Å². The number of hydrazone groups is 1. The SMILES string of the molecule is Cc1ccc(S(=O)(=O)Oc2ccccc2/C=N\NC(=S)Cc2ccccc2)cc1. The minimum absolute atomic E-state index is 0.0944. The molecule has 0 aliphatic rings. The molecule has 3 rings (SSSR count). The molecular formula is C22H20N2O3S2. The van der Waals surface area contributed by atoms with Crippen LogP contribution in [0.1, 0.15) is 16.7 Å². The summed E-state index contributed by atoms with van der Waals surface area (Å²) in [6.07, 6.45) is 2.05. The molecule has 0 heterocycles. The van der Waals surface area contributed by atoms with Gasteiger partial charge in [0.2, 0.25) is 0 Å². The lowest BCUT2D eigenvalue weighted by Gasteiger charge is -2.09. The Morgan fingerprint density at radius 2 is 1.66 bits per heavy atom. The number of aryl methyl sites for hydroxylation is 1. The quantitative estimate of drug-likeness (QED) is 0.266. The minimum atomic E-state index is -3.94. The van der Waals surface area contributed by atoms with Crippen LogP contribution >= 0.6 is 12.2 Å². The van der Waals surface area contributed by atoms with Crippen LogP contribution in [0.3, 0.4) is 0 Å². The van der Waals surface area contributed by atoms with Gasteiger partial charge in [-0.15, -0.1) is 0 Å². The molecule has 3 aromatic carbocycles. The van der Waals surface area contributed by atoms with Crippen LogP contribution in [0.5, 0.6) is 5.75 Å². The van der Waals surface area contributed by atoms with Gasteiger partial charge in [-0.05, 0) is 36.8 Å². The van der Waals surface area contributed by atoms with Crippen molar-refractivity contribution in [3.8, 4) is 5.75 Å². The molecule has 0 atom stereocenters. The van der Waals surface area contributed by atoms with E-state index < -0.39 is 10.1 Å². The van der Waals surface area contributed by atoms with Crippen LogP contribution in [0.4, 0.5) is 0 Å². The van der Waals surface area contributed by atoms with Crippen LogP contribution in [0.25, 0.3) is 0 Å². The van der Waals surface area contributed by atoms with Gasteiger partial charge < -0.3 is 4.18 Å². The second kappa shape index (κ2) is 9.45. The molecule has 0 fully saturated rings. The van der Waals surface area contributed by atoms with Crippen LogP contribution in [-0.2, 0) is 16.5 Å². The highest BCUT2D eigenvalue weighted by Crippen LogP contribution is 2.22. The topological polar surface area (TPSA) is 67.8 Å². The summed E-state index contributed by atoms with van der Waals surface area (Å²) in [5.41, 5.74) is 5.36. The lowest BCUT2D eigenvalue weighted by molar-refractivity contribution is 0.485. The number of nitrogens with one attached hydrogen (secondary N) is 1. The zero-order valence-electron chi connectivity index (χ0n) is 15.8. The summed E-state index contributed by atoms with van der Waals surface area (Å²) in [7, 11) is -3.94. The Bertz CT molecular complexity index is 1110. The van der Waals surface area contributed by atoms with Crippen LogP contribution in [0, 0.1) is 6.92 Å². The van der Waals surface area contributed by atoms with E-state index >= 15 is 0 Å². The maximum Gasteiger partial charge on any atom is 0.339 e. The maximum absolute atomic E-state index is 12.5. The molecule has 0 saturated heterocycles. The van der Waals surface area contributed by atoms with Gasteiger partial charge in [-0.2, -0.15) is 13.5 Å². The molecule has 5 nitrogen and oxygen atoms in total. The highest BCUT2D eigenvalue weighted by atomic mass is 32.2. The number of hydrogen-bond acceptors (Lipinski definition) is 5. The summed E-state index contributed by atoms with van der Waals surface area (Å²) in [5, 5.41) is 4.12. The number of nitrogens with zero attached hydrogens (tertiary/aromatic N) is 1. The normalized spacial score (nSPS) is 11.3. The summed E-state index contributed by atoms with van der Waals surface area (Å²) in [5.74, 6) is 0.188. The Kier molecular flexibility index (Phi) is 6.74. The molecule has 0 aliphatic carbocycles. The third-order valence-electron chi connectivity index (χ3n) is 4.03. The smallest absolute Gasteiger partial charge is 0.339 e. The number of para-hydroxylation sites is 1. The third kappa shape index (κ3) is 5.97. The first-order valence-electron chi connectivity index (χ1n) is 8.90. The summed E-state index contributed by atoms with van der Waals surface area (Å²) in [6, 6.07) is 23.1. The second-order valence-electron chi connectivity index (χ2n) is 6.34. The average Bonchev–Trinajstić information content (AvgIpc) is 2.70. The van der Waals surface area contributed by atoms with Crippen LogP contribution < -0.4 is 9.61 Å². The molecule has 0 aliphatic heterocycles. The number of hydrogen-bond donors (Lipinski definition) is 1. The second-order valence-corrected chi connectivity index (χ2v) is 8.38. The number of thiocarbonyl (C=S) groups is 1. The maximum atomic E-state index is 12.5. The Balaban J connectivity index is 1.69. The highest BCUT2D eigenvalue weighted by Gasteiger charge is 2.17. The Hall–Kier alpha value is -3.03. The number of benzene rings is 3. The minimum Gasteiger partial charge on any atom is -0.378 e. The average molecular weight is 425 g/mol. The molecule has 0 spiro atoms. The summed E-state index contributed by atoms with van der Waals surface area (Å²) in [6.45, 7) is 1.89. The zero-order chi connectivity index (χ0) is 20.7. The molecule has 0 radical (unpaired) electrons. The van der Waals surface area contributed by atoms with Gasteiger partial charge in [-0.25, -0.2) is 0 Å². The van der Waals surface area contributed by atoms with Crippen molar-refractivity contribution < 1.29 is 12.6 Å². The lowest BCUT2D eigenvalue weighted by atomic mass is 10.2. The summed E-state index contributed by atoms with van der Waals surface area (Å²) >= 11 is 5.29. The predicted octanol–water partition coefficient (Wildman–Crippen LogP) is 4.26. The van der Waals surface area contributed by atoms with Crippen molar-refractivity contribution in [3.05, 3.63) is 95.6 Å². The van der Waals surface area contributed by atoms with Gasteiger partial charge in [-0.1, -0.05) is 72.4 Å². The Labute approximate surface area is 176 Å². The first kappa shape index (κ1) is 20.7. The fourth-order valence-electron chi connectivity index (χ4n) is 2.53. The van der Waals surface area contributed by atoms with Crippen LogP contribution in [0.2, 0.25) is 0 Å². The fourth-order valence-corrected chi connectivity index (χ4v) is 3.70. The molecule has 0 saturated carbocycles. The van der Waals surface area contributed by atoms with Crippen molar-refractivity contribution in [2.24, 2.45) is 5.10 Å². The number of rotatable bonds is 7. The Morgan fingerprint density at radius 3 is 2.38 bits per heavy atom. The van der Waals surface area contributed by atoms with Gasteiger partial charge >= 0.3 is 10.1 Å². The van der Waals surface area contributed by atoms with E-state index in [1.807, 2.05) is 37.3 Å². The summed E-state index contributed by atoms with van der Waals surface area (Å²) in [4.78, 5) is 0.648. The molecule has 29 heavy (non-hydrogen) atoms. The van der Waals surface area contributed by atoms with Crippen molar-refractivity contribution in [3.63, 3.8) is 0 Å². The predicted molar refractivity (Wildman–Crippen MR) is 119 cm³/mol. The van der Waals surface area contributed by atoms with Crippen molar-refractivity contribution in [1.82, 2.24) is 5.43 Å².